The van der Waals surface area contributed by atoms with Gasteiger partial charge in [-0.25, -0.2) is 0 Å². The van der Waals surface area contributed by atoms with Crippen molar-refractivity contribution in [1.29, 1.82) is 0 Å². The minimum Gasteiger partial charge on any atom is -0.345 e. The molecular weight excluding hydrogens is 186 g/mol. The van der Waals surface area contributed by atoms with Crippen molar-refractivity contribution in [3.63, 3.8) is 0 Å². The molecule has 1 saturated heterocycles. The van der Waals surface area contributed by atoms with E-state index < -0.39 is 0 Å². The molecule has 1 fully saturated rings. The summed E-state index contributed by atoms with van der Waals surface area (Å²) in [5, 5.41) is 2.86. The van der Waals surface area contributed by atoms with Crippen molar-refractivity contribution >= 4 is 22.8 Å². The topological polar surface area (TPSA) is 46.2 Å². The Balaban J connectivity index is 2.31. The number of amides is 1. The number of thioether (sulfide) groups is 1. The average molecular weight is 201 g/mol. The van der Waals surface area contributed by atoms with Gasteiger partial charge in [0.05, 0.1) is 6.04 Å². The standard InChI is InChI=1S/C9H15NO2S/c1-6(2)5-8(11)10-7-3-4-13-9(7)12/h6-7H,3-5H2,1-2H3,(H,10,11)/t7-/m0/s1. The highest BCUT2D eigenvalue weighted by Gasteiger charge is 2.26. The highest BCUT2D eigenvalue weighted by molar-refractivity contribution is 8.14. The van der Waals surface area contributed by atoms with Gasteiger partial charge in [0.2, 0.25) is 11.0 Å². The van der Waals surface area contributed by atoms with E-state index in [1.165, 1.54) is 11.8 Å². The molecule has 0 spiro atoms. The zero-order valence-electron chi connectivity index (χ0n) is 8.00. The van der Waals surface area contributed by atoms with Gasteiger partial charge in [0.1, 0.15) is 0 Å². The van der Waals surface area contributed by atoms with Crippen molar-refractivity contribution in [2.45, 2.75) is 32.7 Å². The van der Waals surface area contributed by atoms with Crippen LogP contribution in [0.1, 0.15) is 26.7 Å². The minimum atomic E-state index is -0.226. The van der Waals surface area contributed by atoms with E-state index in [9.17, 15) is 9.59 Å². The van der Waals surface area contributed by atoms with Crippen LogP contribution in [0.15, 0.2) is 0 Å². The molecule has 0 aromatic carbocycles. The highest BCUT2D eigenvalue weighted by Crippen LogP contribution is 2.19. The van der Waals surface area contributed by atoms with Gasteiger partial charge in [-0.05, 0) is 12.3 Å². The van der Waals surface area contributed by atoms with Crippen molar-refractivity contribution in [3.8, 4) is 0 Å². The second-order valence-corrected chi connectivity index (χ2v) is 4.77. The van der Waals surface area contributed by atoms with Gasteiger partial charge in [0, 0.05) is 12.2 Å². The molecule has 3 nitrogen and oxygen atoms in total. The highest BCUT2D eigenvalue weighted by atomic mass is 32.2. The Morgan fingerprint density at radius 1 is 1.69 bits per heavy atom. The maximum Gasteiger partial charge on any atom is 0.220 e. The first-order valence-electron chi connectivity index (χ1n) is 4.55. The maximum absolute atomic E-state index is 11.3. The van der Waals surface area contributed by atoms with Crippen molar-refractivity contribution < 1.29 is 9.59 Å². The summed E-state index contributed by atoms with van der Waals surface area (Å²) in [5.74, 6) is 1.19. The summed E-state index contributed by atoms with van der Waals surface area (Å²) in [6, 6.07) is -0.226. The third-order valence-electron chi connectivity index (χ3n) is 1.86. The quantitative estimate of drug-likeness (QED) is 0.746. The predicted octanol–water partition coefficient (Wildman–Crippen LogP) is 1.18. The summed E-state index contributed by atoms with van der Waals surface area (Å²) in [4.78, 5) is 22.4. The second-order valence-electron chi connectivity index (χ2n) is 3.67. The molecule has 1 aliphatic heterocycles. The lowest BCUT2D eigenvalue weighted by Crippen LogP contribution is -2.37. The lowest BCUT2D eigenvalue weighted by molar-refractivity contribution is -0.125. The first kappa shape index (κ1) is 10.6. The van der Waals surface area contributed by atoms with Crippen LogP contribution in [0.5, 0.6) is 0 Å². The largest absolute Gasteiger partial charge is 0.345 e. The van der Waals surface area contributed by atoms with E-state index in [2.05, 4.69) is 5.32 Å². The van der Waals surface area contributed by atoms with E-state index in [-0.39, 0.29) is 17.1 Å². The molecule has 1 heterocycles. The molecule has 0 aliphatic carbocycles. The molecular formula is C9H15NO2S. The Kier molecular flexibility index (Phi) is 3.78. The molecule has 0 aromatic rings. The number of carbonyl (C=O) groups is 2. The van der Waals surface area contributed by atoms with Gasteiger partial charge in [-0.3, -0.25) is 9.59 Å². The van der Waals surface area contributed by atoms with Gasteiger partial charge in [-0.1, -0.05) is 25.6 Å². The van der Waals surface area contributed by atoms with E-state index in [1.54, 1.807) is 0 Å². The number of nitrogens with one attached hydrogen (secondary N) is 1. The molecule has 1 amide bonds. The third-order valence-corrected chi connectivity index (χ3v) is 2.87. The monoisotopic (exact) mass is 201 g/mol. The lowest BCUT2D eigenvalue weighted by Gasteiger charge is -2.10. The van der Waals surface area contributed by atoms with Crippen LogP contribution in [0.25, 0.3) is 0 Å². The number of hydrogen-bond acceptors (Lipinski definition) is 3. The Hall–Kier alpha value is -0.510. The Labute approximate surface area is 82.6 Å². The molecule has 13 heavy (non-hydrogen) atoms. The predicted molar refractivity (Wildman–Crippen MR) is 53.5 cm³/mol. The number of hydrogen-bond donors (Lipinski definition) is 1. The zero-order chi connectivity index (χ0) is 9.84. The molecule has 0 bridgehead atoms. The van der Waals surface area contributed by atoms with Gasteiger partial charge < -0.3 is 5.32 Å². The van der Waals surface area contributed by atoms with Crippen LogP contribution in [-0.2, 0) is 9.59 Å². The second kappa shape index (κ2) is 4.65. The van der Waals surface area contributed by atoms with Crippen LogP contribution < -0.4 is 5.32 Å². The smallest absolute Gasteiger partial charge is 0.220 e. The lowest BCUT2D eigenvalue weighted by atomic mass is 10.1. The Morgan fingerprint density at radius 2 is 2.38 bits per heavy atom. The number of carbonyl (C=O) groups excluding carboxylic acids is 2. The van der Waals surface area contributed by atoms with Gasteiger partial charge in [-0.2, -0.15) is 0 Å². The molecule has 1 aliphatic rings. The van der Waals surface area contributed by atoms with Crippen molar-refractivity contribution in [3.05, 3.63) is 0 Å². The summed E-state index contributed by atoms with van der Waals surface area (Å²) in [5.41, 5.74) is 0. The third kappa shape index (κ3) is 3.38. The molecule has 0 unspecified atom stereocenters. The molecule has 1 N–H and O–H groups in total. The van der Waals surface area contributed by atoms with Crippen LogP contribution in [0.4, 0.5) is 0 Å². The van der Waals surface area contributed by atoms with E-state index in [1.807, 2.05) is 13.8 Å². The summed E-state index contributed by atoms with van der Waals surface area (Å²) >= 11 is 1.31. The summed E-state index contributed by atoms with van der Waals surface area (Å²) in [6.07, 6.45) is 1.29. The van der Waals surface area contributed by atoms with Crippen LogP contribution in [0, 0.1) is 5.92 Å². The van der Waals surface area contributed by atoms with Gasteiger partial charge in [0.15, 0.2) is 0 Å². The minimum absolute atomic E-state index is 0.00384. The molecule has 0 aromatic heterocycles. The van der Waals surface area contributed by atoms with Crippen LogP contribution in [0.3, 0.4) is 0 Å². The van der Waals surface area contributed by atoms with E-state index >= 15 is 0 Å². The summed E-state index contributed by atoms with van der Waals surface area (Å²) in [6.45, 7) is 3.98. The van der Waals surface area contributed by atoms with Crippen molar-refractivity contribution in [1.82, 2.24) is 5.32 Å². The van der Waals surface area contributed by atoms with Crippen molar-refractivity contribution in [2.24, 2.45) is 5.92 Å². The van der Waals surface area contributed by atoms with E-state index in [0.717, 1.165) is 12.2 Å². The maximum atomic E-state index is 11.3. The SMILES string of the molecule is CC(C)CC(=O)N[C@H]1CCSC1=O. The van der Waals surface area contributed by atoms with Crippen LogP contribution in [-0.4, -0.2) is 22.8 Å². The number of rotatable bonds is 3. The van der Waals surface area contributed by atoms with E-state index in [4.69, 9.17) is 0 Å². The zero-order valence-corrected chi connectivity index (χ0v) is 8.82. The summed E-state index contributed by atoms with van der Waals surface area (Å²) < 4.78 is 0. The normalized spacial score (nSPS) is 22.4. The molecule has 1 rings (SSSR count). The van der Waals surface area contributed by atoms with Gasteiger partial charge in [0.25, 0.3) is 0 Å². The molecule has 1 atom stereocenters. The molecule has 4 heteroatoms. The van der Waals surface area contributed by atoms with Crippen LogP contribution >= 0.6 is 11.8 Å². The fourth-order valence-corrected chi connectivity index (χ4v) is 2.18. The fourth-order valence-electron chi connectivity index (χ4n) is 1.25. The Morgan fingerprint density at radius 3 is 2.85 bits per heavy atom. The Bertz CT molecular complexity index is 216. The fraction of sp³-hybridized carbons (Fsp3) is 0.778. The summed E-state index contributed by atoms with van der Waals surface area (Å²) in [7, 11) is 0. The molecule has 0 radical (unpaired) electrons. The van der Waals surface area contributed by atoms with Gasteiger partial charge >= 0.3 is 0 Å². The first-order valence-corrected chi connectivity index (χ1v) is 5.54. The first-order chi connectivity index (χ1) is 6.09. The average Bonchev–Trinajstić information content (AvgIpc) is 2.34. The van der Waals surface area contributed by atoms with E-state index in [0.29, 0.717) is 12.3 Å². The molecule has 0 saturated carbocycles. The van der Waals surface area contributed by atoms with Gasteiger partial charge in [-0.15, -0.1) is 0 Å². The van der Waals surface area contributed by atoms with Crippen molar-refractivity contribution in [2.75, 3.05) is 5.75 Å². The molecule has 74 valence electrons. The van der Waals surface area contributed by atoms with Crippen LogP contribution in [0.2, 0.25) is 0 Å².